The minimum atomic E-state index is 0.904. The molecular weight excluding hydrogens is 454 g/mol. The Morgan fingerprint density at radius 3 is 0.811 bits per heavy atom. The zero-order valence-corrected chi connectivity index (χ0v) is 23.9. The van der Waals surface area contributed by atoms with Gasteiger partial charge in [-0.2, -0.15) is 0 Å². The topological polar surface area (TPSA) is 30.5 Å². The maximum atomic E-state index is 5.48. The van der Waals surface area contributed by atoms with Crippen molar-refractivity contribution in [1.82, 2.24) is 0 Å². The van der Waals surface area contributed by atoms with Crippen LogP contribution in [0.2, 0.25) is 0 Å². The normalized spacial score (nSPS) is 11.0. The number of anilines is 2. The van der Waals surface area contributed by atoms with Crippen LogP contribution in [0.5, 0.6) is 11.5 Å². The summed E-state index contributed by atoms with van der Waals surface area (Å²) in [5.41, 5.74) is 17.4. The third kappa shape index (κ3) is 5.09. The maximum Gasteiger partial charge on any atom is 0.119 e. The molecule has 0 aromatic heterocycles. The van der Waals surface area contributed by atoms with Crippen LogP contribution in [-0.4, -0.2) is 14.2 Å². The first kappa shape index (κ1) is 26.3. The number of nitrogens with one attached hydrogen (secondary N) is 1. The molecule has 3 heteroatoms. The maximum absolute atomic E-state index is 5.48. The molecule has 0 bridgehead atoms. The van der Waals surface area contributed by atoms with E-state index in [0.717, 1.165) is 22.9 Å². The molecule has 0 saturated heterocycles. The second kappa shape index (κ2) is 10.3. The summed E-state index contributed by atoms with van der Waals surface area (Å²) in [7, 11) is 3.44. The van der Waals surface area contributed by atoms with Gasteiger partial charge in [0.05, 0.1) is 14.2 Å². The van der Waals surface area contributed by atoms with E-state index in [4.69, 9.17) is 9.47 Å². The summed E-state index contributed by atoms with van der Waals surface area (Å²) in [6.07, 6.45) is 0. The minimum Gasteiger partial charge on any atom is -0.497 e. The second-order valence-electron chi connectivity index (χ2n) is 10.4. The van der Waals surface area contributed by atoms with Gasteiger partial charge in [-0.25, -0.2) is 0 Å². The highest BCUT2D eigenvalue weighted by Crippen LogP contribution is 2.39. The predicted octanol–water partition coefficient (Wildman–Crippen LogP) is 9.25. The zero-order chi connectivity index (χ0) is 27.0. The number of hydrogen-bond donors (Lipinski definition) is 1. The lowest BCUT2D eigenvalue weighted by Crippen LogP contribution is -2.00. The molecule has 0 saturated carbocycles. The number of hydrogen-bond acceptors (Lipinski definition) is 3. The largest absolute Gasteiger partial charge is 0.497 e. The van der Waals surface area contributed by atoms with Gasteiger partial charge in [0.2, 0.25) is 0 Å². The minimum absolute atomic E-state index is 0.904. The first-order chi connectivity index (χ1) is 17.5. The van der Waals surface area contributed by atoms with Crippen LogP contribution < -0.4 is 14.8 Å². The van der Waals surface area contributed by atoms with Gasteiger partial charge in [-0.05, 0) is 171 Å². The molecule has 4 aromatic rings. The van der Waals surface area contributed by atoms with E-state index in [9.17, 15) is 0 Å². The molecule has 0 aliphatic heterocycles. The lowest BCUT2D eigenvalue weighted by molar-refractivity contribution is 0.414. The third-order valence-electron chi connectivity index (χ3n) is 7.34. The van der Waals surface area contributed by atoms with Gasteiger partial charge in [0.15, 0.2) is 0 Å². The monoisotopic (exact) mass is 493 g/mol. The molecule has 1 N–H and O–H groups in total. The molecule has 0 fully saturated rings. The van der Waals surface area contributed by atoms with E-state index >= 15 is 0 Å². The average molecular weight is 494 g/mol. The van der Waals surface area contributed by atoms with Gasteiger partial charge >= 0.3 is 0 Å². The average Bonchev–Trinajstić information content (AvgIpc) is 2.81. The van der Waals surface area contributed by atoms with E-state index in [0.29, 0.717) is 0 Å². The summed E-state index contributed by atoms with van der Waals surface area (Å²) in [6, 6.07) is 17.5. The number of aryl methyl sites for hydroxylation is 8. The fourth-order valence-corrected chi connectivity index (χ4v) is 5.90. The molecule has 0 amide bonds. The van der Waals surface area contributed by atoms with Crippen molar-refractivity contribution in [3.8, 4) is 33.8 Å². The highest BCUT2D eigenvalue weighted by atomic mass is 16.5. The van der Waals surface area contributed by atoms with Crippen molar-refractivity contribution in [2.45, 2.75) is 55.4 Å². The fraction of sp³-hybridized carbons (Fsp3) is 0.294. The van der Waals surface area contributed by atoms with Gasteiger partial charge in [-0.3, -0.25) is 0 Å². The van der Waals surface area contributed by atoms with E-state index in [1.165, 1.54) is 66.8 Å². The summed E-state index contributed by atoms with van der Waals surface area (Å²) in [5, 5.41) is 3.68. The summed E-state index contributed by atoms with van der Waals surface area (Å²) < 4.78 is 11.0. The van der Waals surface area contributed by atoms with Crippen LogP contribution >= 0.6 is 0 Å². The van der Waals surface area contributed by atoms with Crippen molar-refractivity contribution >= 4 is 11.4 Å². The number of rotatable bonds is 6. The molecule has 37 heavy (non-hydrogen) atoms. The van der Waals surface area contributed by atoms with Crippen molar-refractivity contribution < 1.29 is 9.47 Å². The molecule has 0 atom stereocenters. The summed E-state index contributed by atoms with van der Waals surface area (Å²) in [4.78, 5) is 0. The number of methoxy groups -OCH3 is 2. The van der Waals surface area contributed by atoms with Crippen molar-refractivity contribution in [2.75, 3.05) is 19.5 Å². The quantitative estimate of drug-likeness (QED) is 0.290. The molecule has 3 nitrogen and oxygen atoms in total. The number of benzene rings is 4. The van der Waals surface area contributed by atoms with Gasteiger partial charge in [0.1, 0.15) is 11.5 Å². The Morgan fingerprint density at radius 1 is 0.378 bits per heavy atom. The molecule has 0 spiro atoms. The van der Waals surface area contributed by atoms with Crippen LogP contribution in [0.15, 0.2) is 48.5 Å². The van der Waals surface area contributed by atoms with Gasteiger partial charge in [0, 0.05) is 11.4 Å². The first-order valence-electron chi connectivity index (χ1n) is 12.8. The lowest BCUT2D eigenvalue weighted by Gasteiger charge is -2.20. The number of ether oxygens (including phenoxy) is 2. The van der Waals surface area contributed by atoms with Crippen LogP contribution in [0, 0.1) is 55.4 Å². The van der Waals surface area contributed by atoms with Crippen LogP contribution in [0.3, 0.4) is 0 Å². The SMILES string of the molecule is COc1cc(C)c(-c2c(C)cc(Nc3cc(C)c(-c4c(C)cc(OC)cc4C)c(C)c3)cc2C)c(C)c1. The van der Waals surface area contributed by atoms with Crippen molar-refractivity contribution in [1.29, 1.82) is 0 Å². The standard InChI is InChI=1S/C34H39NO2/c1-19-11-27(12-20(2)31(19)33-23(5)15-29(36-9)16-24(33)6)35-28-13-21(3)32(22(4)14-28)34-25(7)17-30(37-10)18-26(34)8/h11-18,35H,1-10H3. The van der Waals surface area contributed by atoms with Crippen LogP contribution in [-0.2, 0) is 0 Å². The van der Waals surface area contributed by atoms with Crippen molar-refractivity contribution in [3.05, 3.63) is 93.0 Å². The Kier molecular flexibility index (Phi) is 7.36. The second-order valence-corrected chi connectivity index (χ2v) is 10.4. The smallest absolute Gasteiger partial charge is 0.119 e. The Bertz CT molecular complexity index is 1290. The molecule has 4 aromatic carbocycles. The van der Waals surface area contributed by atoms with Gasteiger partial charge in [-0.1, -0.05) is 0 Å². The molecule has 4 rings (SSSR count). The van der Waals surface area contributed by atoms with E-state index in [-0.39, 0.29) is 0 Å². The van der Waals surface area contributed by atoms with Gasteiger partial charge in [-0.15, -0.1) is 0 Å². The lowest BCUT2D eigenvalue weighted by atomic mass is 9.88. The fourth-order valence-electron chi connectivity index (χ4n) is 5.90. The Labute approximate surface area is 222 Å². The Morgan fingerprint density at radius 2 is 0.595 bits per heavy atom. The van der Waals surface area contributed by atoms with E-state index in [1.807, 2.05) is 0 Å². The molecule has 0 unspecified atom stereocenters. The summed E-state index contributed by atoms with van der Waals surface area (Å²) in [5.74, 6) is 1.81. The third-order valence-corrected chi connectivity index (χ3v) is 7.34. The van der Waals surface area contributed by atoms with E-state index in [2.05, 4.69) is 109 Å². The van der Waals surface area contributed by atoms with Crippen LogP contribution in [0.1, 0.15) is 44.5 Å². The molecule has 0 aliphatic rings. The molecular formula is C34H39NO2. The summed E-state index contributed by atoms with van der Waals surface area (Å²) in [6.45, 7) is 17.4. The first-order valence-corrected chi connectivity index (χ1v) is 12.8. The zero-order valence-electron chi connectivity index (χ0n) is 23.9. The highest BCUT2D eigenvalue weighted by molar-refractivity contribution is 5.82. The van der Waals surface area contributed by atoms with Crippen LogP contribution in [0.25, 0.3) is 22.3 Å². The molecule has 0 radical (unpaired) electrons. The van der Waals surface area contributed by atoms with E-state index in [1.54, 1.807) is 14.2 Å². The van der Waals surface area contributed by atoms with Gasteiger partial charge < -0.3 is 14.8 Å². The van der Waals surface area contributed by atoms with Gasteiger partial charge in [0.25, 0.3) is 0 Å². The highest BCUT2D eigenvalue weighted by Gasteiger charge is 2.16. The van der Waals surface area contributed by atoms with Crippen molar-refractivity contribution in [2.24, 2.45) is 0 Å². The predicted molar refractivity (Wildman–Crippen MR) is 158 cm³/mol. The van der Waals surface area contributed by atoms with Crippen molar-refractivity contribution in [3.63, 3.8) is 0 Å². The Hall–Kier alpha value is -3.72. The van der Waals surface area contributed by atoms with Crippen LogP contribution in [0.4, 0.5) is 11.4 Å². The van der Waals surface area contributed by atoms with E-state index < -0.39 is 0 Å². The summed E-state index contributed by atoms with van der Waals surface area (Å²) >= 11 is 0. The molecule has 0 heterocycles. The molecule has 192 valence electrons. The Balaban J connectivity index is 1.70. The molecule has 0 aliphatic carbocycles.